The van der Waals surface area contributed by atoms with Crippen molar-refractivity contribution >= 4 is 18.3 Å². The molecule has 1 aliphatic heterocycles. The largest absolute Gasteiger partial charge is 0.391 e. The molecule has 1 heterocycles. The molecule has 1 amide bonds. The number of carbonyl (C=O) groups is 1. The molecule has 5 heteroatoms. The van der Waals surface area contributed by atoms with Crippen molar-refractivity contribution in [3.05, 3.63) is 35.9 Å². The summed E-state index contributed by atoms with van der Waals surface area (Å²) in [6, 6.07) is 10.5. The summed E-state index contributed by atoms with van der Waals surface area (Å²) in [5.41, 5.74) is 1.03. The smallest absolute Gasteiger partial charge is 0.226 e. The SMILES string of the molecule is Cl.O=C(NCC1CNCC1O)C1(Cc2ccccc2)CC2CCC1C2. The lowest BCUT2D eigenvalue weighted by molar-refractivity contribution is -0.134. The van der Waals surface area contributed by atoms with Gasteiger partial charge in [-0.1, -0.05) is 36.8 Å². The third-order valence-corrected chi connectivity index (χ3v) is 6.62. The zero-order valence-corrected chi connectivity index (χ0v) is 15.4. The van der Waals surface area contributed by atoms with E-state index in [1.165, 1.54) is 24.8 Å². The highest BCUT2D eigenvalue weighted by molar-refractivity contribution is 5.85. The highest BCUT2D eigenvalue weighted by Gasteiger charge is 2.55. The molecule has 0 aromatic heterocycles. The maximum absolute atomic E-state index is 13.2. The van der Waals surface area contributed by atoms with Gasteiger partial charge in [0.05, 0.1) is 11.5 Å². The van der Waals surface area contributed by atoms with Crippen LogP contribution in [0, 0.1) is 23.2 Å². The van der Waals surface area contributed by atoms with Crippen molar-refractivity contribution < 1.29 is 9.90 Å². The van der Waals surface area contributed by atoms with Crippen molar-refractivity contribution in [3.8, 4) is 0 Å². The Labute approximate surface area is 156 Å². The van der Waals surface area contributed by atoms with Gasteiger partial charge in [0.1, 0.15) is 0 Å². The van der Waals surface area contributed by atoms with Crippen molar-refractivity contribution in [1.29, 1.82) is 0 Å². The first kappa shape index (κ1) is 18.7. The van der Waals surface area contributed by atoms with E-state index in [-0.39, 0.29) is 35.8 Å². The standard InChI is InChI=1S/C20H28N2O2.ClH/c23-18-13-21-11-16(18)12-22-19(24)20(9-14-4-2-1-3-5-14)10-15-6-7-17(20)8-15;/h1-5,15-18,21,23H,6-13H2,(H,22,24);1H. The van der Waals surface area contributed by atoms with Crippen LogP contribution in [0.5, 0.6) is 0 Å². The Morgan fingerprint density at radius 1 is 1.24 bits per heavy atom. The van der Waals surface area contributed by atoms with Gasteiger partial charge in [0.25, 0.3) is 0 Å². The lowest BCUT2D eigenvalue weighted by Gasteiger charge is -2.37. The molecule has 0 spiro atoms. The molecule has 3 fully saturated rings. The van der Waals surface area contributed by atoms with Crippen LogP contribution < -0.4 is 10.6 Å². The Morgan fingerprint density at radius 3 is 2.64 bits per heavy atom. The molecule has 2 saturated carbocycles. The maximum atomic E-state index is 13.2. The molecule has 1 aromatic rings. The number of carbonyl (C=O) groups excluding carboxylic acids is 1. The van der Waals surface area contributed by atoms with Crippen LogP contribution in [0.1, 0.15) is 31.2 Å². The van der Waals surface area contributed by atoms with Gasteiger partial charge in [0.15, 0.2) is 0 Å². The monoisotopic (exact) mass is 364 g/mol. The van der Waals surface area contributed by atoms with Crippen molar-refractivity contribution in [1.82, 2.24) is 10.6 Å². The molecule has 2 aliphatic carbocycles. The van der Waals surface area contributed by atoms with Gasteiger partial charge in [-0.2, -0.15) is 0 Å². The van der Waals surface area contributed by atoms with Gasteiger partial charge in [-0.15, -0.1) is 12.4 Å². The summed E-state index contributed by atoms with van der Waals surface area (Å²) >= 11 is 0. The number of nitrogens with one attached hydrogen (secondary N) is 2. The average Bonchev–Trinajstić information content (AvgIpc) is 3.30. The normalized spacial score (nSPS) is 36.2. The van der Waals surface area contributed by atoms with Crippen LogP contribution in [0.15, 0.2) is 30.3 Å². The minimum absolute atomic E-state index is 0. The third-order valence-electron chi connectivity index (χ3n) is 6.62. The number of β-amino-alcohol motifs (C(OH)–C–C–N with tert-alkyl or cyclic N) is 1. The second kappa shape index (κ2) is 7.65. The lowest BCUT2D eigenvalue weighted by atomic mass is 9.68. The zero-order chi connectivity index (χ0) is 16.6. The number of fused-ring (bicyclic) bond motifs is 2. The number of benzene rings is 1. The Hall–Kier alpha value is -1.10. The van der Waals surface area contributed by atoms with Gasteiger partial charge >= 0.3 is 0 Å². The van der Waals surface area contributed by atoms with E-state index in [1.807, 2.05) is 6.07 Å². The third kappa shape index (κ3) is 3.57. The Kier molecular flexibility index (Phi) is 5.71. The number of aliphatic hydroxyl groups is 1. The van der Waals surface area contributed by atoms with Crippen molar-refractivity contribution in [2.75, 3.05) is 19.6 Å². The Balaban J connectivity index is 0.00000182. The van der Waals surface area contributed by atoms with Crippen LogP contribution in [-0.2, 0) is 11.2 Å². The summed E-state index contributed by atoms with van der Waals surface area (Å²) in [5, 5.41) is 16.4. The van der Waals surface area contributed by atoms with Crippen LogP contribution in [0.2, 0.25) is 0 Å². The highest BCUT2D eigenvalue weighted by atomic mass is 35.5. The van der Waals surface area contributed by atoms with E-state index in [4.69, 9.17) is 0 Å². The predicted molar refractivity (Wildman–Crippen MR) is 101 cm³/mol. The van der Waals surface area contributed by atoms with Gasteiger partial charge in [-0.3, -0.25) is 4.79 Å². The van der Waals surface area contributed by atoms with Crippen molar-refractivity contribution in [2.24, 2.45) is 23.2 Å². The Bertz CT molecular complexity index is 597. The topological polar surface area (TPSA) is 61.4 Å². The molecular weight excluding hydrogens is 336 g/mol. The molecule has 1 aromatic carbocycles. The summed E-state index contributed by atoms with van der Waals surface area (Å²) in [7, 11) is 0. The van der Waals surface area contributed by atoms with Crippen LogP contribution in [0.3, 0.4) is 0 Å². The van der Waals surface area contributed by atoms with Gasteiger partial charge in [0, 0.05) is 25.6 Å². The first-order chi connectivity index (χ1) is 11.7. The Morgan fingerprint density at radius 2 is 2.04 bits per heavy atom. The van der Waals surface area contributed by atoms with E-state index in [0.717, 1.165) is 25.3 Å². The fourth-order valence-corrected chi connectivity index (χ4v) is 5.31. The summed E-state index contributed by atoms with van der Waals surface area (Å²) in [6.45, 7) is 2.01. The van der Waals surface area contributed by atoms with Crippen molar-refractivity contribution in [2.45, 2.75) is 38.2 Å². The second-order valence-corrected chi connectivity index (χ2v) is 8.09. The zero-order valence-electron chi connectivity index (χ0n) is 14.6. The lowest BCUT2D eigenvalue weighted by Crippen LogP contribution is -2.48. The molecule has 3 aliphatic rings. The van der Waals surface area contributed by atoms with E-state index in [1.54, 1.807) is 0 Å². The second-order valence-electron chi connectivity index (χ2n) is 8.09. The van der Waals surface area contributed by atoms with Crippen LogP contribution in [0.4, 0.5) is 0 Å². The number of hydrogen-bond donors (Lipinski definition) is 3. The molecule has 5 atom stereocenters. The number of amides is 1. The summed E-state index contributed by atoms with van der Waals surface area (Å²) in [6.07, 6.45) is 5.25. The first-order valence-corrected chi connectivity index (χ1v) is 9.38. The first-order valence-electron chi connectivity index (χ1n) is 9.38. The summed E-state index contributed by atoms with van der Waals surface area (Å²) < 4.78 is 0. The molecule has 3 N–H and O–H groups in total. The molecule has 25 heavy (non-hydrogen) atoms. The fourth-order valence-electron chi connectivity index (χ4n) is 5.31. The molecule has 0 radical (unpaired) electrons. The van der Waals surface area contributed by atoms with E-state index < -0.39 is 0 Å². The molecule has 1 saturated heterocycles. The van der Waals surface area contributed by atoms with E-state index >= 15 is 0 Å². The predicted octanol–water partition coefficient (Wildman–Crippen LogP) is 2.15. The molecule has 4 rings (SSSR count). The number of halogens is 1. The molecule has 4 nitrogen and oxygen atoms in total. The molecular formula is C20H29ClN2O2. The highest BCUT2D eigenvalue weighted by Crippen LogP contribution is 2.57. The van der Waals surface area contributed by atoms with Gasteiger partial charge in [-0.25, -0.2) is 0 Å². The van der Waals surface area contributed by atoms with Gasteiger partial charge in [0.2, 0.25) is 5.91 Å². The number of aliphatic hydroxyl groups excluding tert-OH is 1. The maximum Gasteiger partial charge on any atom is 0.226 e. The van der Waals surface area contributed by atoms with E-state index in [2.05, 4.69) is 34.9 Å². The average molecular weight is 365 g/mol. The molecule has 138 valence electrons. The molecule has 2 bridgehead atoms. The minimum atomic E-state index is -0.338. The van der Waals surface area contributed by atoms with Gasteiger partial charge < -0.3 is 15.7 Å². The van der Waals surface area contributed by atoms with Crippen molar-refractivity contribution in [3.63, 3.8) is 0 Å². The fraction of sp³-hybridized carbons (Fsp3) is 0.650. The van der Waals surface area contributed by atoms with E-state index in [9.17, 15) is 9.90 Å². The molecule has 5 unspecified atom stereocenters. The number of rotatable bonds is 5. The van der Waals surface area contributed by atoms with Crippen LogP contribution in [-0.4, -0.2) is 36.8 Å². The summed E-state index contributed by atoms with van der Waals surface area (Å²) in [4.78, 5) is 13.2. The minimum Gasteiger partial charge on any atom is -0.391 e. The van der Waals surface area contributed by atoms with Crippen LogP contribution in [0.25, 0.3) is 0 Å². The van der Waals surface area contributed by atoms with E-state index in [0.29, 0.717) is 19.0 Å². The quantitative estimate of drug-likeness (QED) is 0.750. The summed E-state index contributed by atoms with van der Waals surface area (Å²) in [5.74, 6) is 1.61. The van der Waals surface area contributed by atoms with Crippen LogP contribution >= 0.6 is 12.4 Å². The van der Waals surface area contributed by atoms with Gasteiger partial charge in [-0.05, 0) is 43.1 Å². The number of hydrogen-bond acceptors (Lipinski definition) is 3.